The lowest BCUT2D eigenvalue weighted by Gasteiger charge is -2.17. The largest absolute Gasteiger partial charge is 0.319 e. The Morgan fingerprint density at radius 1 is 1.43 bits per heavy atom. The normalized spacial score (nSPS) is 12.8. The molecule has 116 valence electrons. The molecular formula is C12H16FN3O4S. The molecule has 0 atom stereocenters. The lowest BCUT2D eigenvalue weighted by molar-refractivity contribution is -0.385. The summed E-state index contributed by atoms with van der Waals surface area (Å²) < 4.78 is 42.3. The monoisotopic (exact) mass is 317 g/mol. The number of nitro groups is 1. The van der Waals surface area contributed by atoms with E-state index in [9.17, 15) is 22.9 Å². The maximum atomic E-state index is 13.5. The number of rotatable bonds is 5. The topological polar surface area (TPSA) is 102 Å². The third-order valence-corrected chi connectivity index (χ3v) is 3.50. The molecule has 0 amide bonds. The fraction of sp³-hybridized carbons (Fsp3) is 0.417. The third kappa shape index (κ3) is 5.96. The zero-order chi connectivity index (χ0) is 16.3. The summed E-state index contributed by atoms with van der Waals surface area (Å²) >= 11 is 0. The van der Waals surface area contributed by atoms with Gasteiger partial charge in [-0.05, 0) is 32.4 Å². The number of nitrogens with one attached hydrogen (secondary N) is 1. The molecular weight excluding hydrogens is 301 g/mol. The van der Waals surface area contributed by atoms with Crippen molar-refractivity contribution in [2.45, 2.75) is 32.7 Å². The van der Waals surface area contributed by atoms with E-state index in [0.29, 0.717) is 0 Å². The molecule has 1 aromatic carbocycles. The summed E-state index contributed by atoms with van der Waals surface area (Å²) in [6.07, 6.45) is 0.828. The number of halogens is 1. The highest BCUT2D eigenvalue weighted by atomic mass is 32.2. The summed E-state index contributed by atoms with van der Waals surface area (Å²) in [4.78, 5) is 9.94. The van der Waals surface area contributed by atoms with Crippen molar-refractivity contribution in [3.8, 4) is 0 Å². The van der Waals surface area contributed by atoms with Gasteiger partial charge in [-0.25, -0.2) is 4.39 Å². The molecule has 0 bridgehead atoms. The summed E-state index contributed by atoms with van der Waals surface area (Å²) in [5, 5.41) is 10.6. The van der Waals surface area contributed by atoms with Crippen molar-refractivity contribution < 1.29 is 17.7 Å². The van der Waals surface area contributed by atoms with Crippen LogP contribution in [-0.4, -0.2) is 25.1 Å². The van der Waals surface area contributed by atoms with Crippen LogP contribution >= 0.6 is 0 Å². The van der Waals surface area contributed by atoms with E-state index in [0.717, 1.165) is 24.4 Å². The van der Waals surface area contributed by atoms with Crippen LogP contribution in [0.3, 0.4) is 0 Å². The van der Waals surface area contributed by atoms with Crippen LogP contribution in [0.25, 0.3) is 0 Å². The fourth-order valence-corrected chi connectivity index (χ4v) is 2.58. The van der Waals surface area contributed by atoms with Gasteiger partial charge in [-0.1, -0.05) is 0 Å². The summed E-state index contributed by atoms with van der Waals surface area (Å²) in [7, 11) is -3.89. The van der Waals surface area contributed by atoms with Crippen LogP contribution in [0, 0.1) is 15.9 Å². The first-order chi connectivity index (χ1) is 9.50. The van der Waals surface area contributed by atoms with Gasteiger partial charge in [-0.3, -0.25) is 10.1 Å². The fourth-order valence-electron chi connectivity index (χ4n) is 1.48. The Labute approximate surface area is 122 Å². The highest BCUT2D eigenvalue weighted by Crippen LogP contribution is 2.16. The van der Waals surface area contributed by atoms with Crippen LogP contribution in [0.5, 0.6) is 0 Å². The Morgan fingerprint density at radius 2 is 2.05 bits per heavy atom. The molecule has 0 spiro atoms. The first kappa shape index (κ1) is 17.2. The predicted octanol–water partition coefficient (Wildman–Crippen LogP) is 1.98. The highest BCUT2D eigenvalue weighted by molar-refractivity contribution is 7.88. The van der Waals surface area contributed by atoms with Crippen LogP contribution in [0.1, 0.15) is 26.3 Å². The molecule has 0 saturated carbocycles. The summed E-state index contributed by atoms with van der Waals surface area (Å²) in [6, 6.07) is 3.04. The number of hydrogen-bond acceptors (Lipinski definition) is 4. The molecule has 7 nitrogen and oxygen atoms in total. The maximum Gasteiger partial charge on any atom is 0.319 e. The van der Waals surface area contributed by atoms with Crippen molar-refractivity contribution in [2.24, 2.45) is 4.40 Å². The number of nitro benzene ring substituents is 1. The Hall–Kier alpha value is -1.87. The molecule has 21 heavy (non-hydrogen) atoms. The molecule has 0 aliphatic rings. The van der Waals surface area contributed by atoms with Gasteiger partial charge in [0.1, 0.15) is 5.82 Å². The molecule has 0 fully saturated rings. The molecule has 0 aliphatic carbocycles. The van der Waals surface area contributed by atoms with E-state index in [1.165, 1.54) is 0 Å². The molecule has 0 heterocycles. The van der Waals surface area contributed by atoms with Crippen molar-refractivity contribution in [3.63, 3.8) is 0 Å². The molecule has 0 saturated heterocycles. The number of benzene rings is 1. The molecule has 0 radical (unpaired) electrons. The zero-order valence-electron chi connectivity index (χ0n) is 11.8. The van der Waals surface area contributed by atoms with Crippen molar-refractivity contribution in [2.75, 3.05) is 0 Å². The Kier molecular flexibility index (Phi) is 5.13. The lowest BCUT2D eigenvalue weighted by atomic mass is 10.1. The smallest absolute Gasteiger partial charge is 0.258 e. The van der Waals surface area contributed by atoms with Crippen molar-refractivity contribution in [1.29, 1.82) is 0 Å². The molecule has 1 N–H and O–H groups in total. The van der Waals surface area contributed by atoms with Crippen LogP contribution in [0.4, 0.5) is 10.1 Å². The summed E-state index contributed by atoms with van der Waals surface area (Å²) in [5.41, 5.74) is -0.957. The molecule has 1 aromatic rings. The van der Waals surface area contributed by atoms with Crippen LogP contribution in [0.15, 0.2) is 22.6 Å². The Balaban J connectivity index is 2.86. The molecule has 1 rings (SSSR count). The number of nitrogens with zero attached hydrogens (tertiary/aromatic N) is 2. The predicted molar refractivity (Wildman–Crippen MR) is 77.1 cm³/mol. The average Bonchev–Trinajstić information content (AvgIpc) is 2.27. The van der Waals surface area contributed by atoms with Crippen LogP contribution in [-0.2, 0) is 16.6 Å². The van der Waals surface area contributed by atoms with Gasteiger partial charge in [0.15, 0.2) is 0 Å². The second-order valence-corrected chi connectivity index (χ2v) is 6.72. The summed E-state index contributed by atoms with van der Waals surface area (Å²) in [6.45, 7) is 4.96. The van der Waals surface area contributed by atoms with Gasteiger partial charge in [0.2, 0.25) is 0 Å². The standard InChI is InChI=1S/C12H16FN3O4S/c1-12(2,3)15-21(19,20)14-7-6-9-8-10(16(17)18)4-5-11(9)13/h4-5,7-8,15H,6H2,1-3H3/b14-7+. The SMILES string of the molecule is CC(C)(C)NS(=O)(=O)/N=C/Cc1cc([N+](=O)[O-])ccc1F. The van der Waals surface area contributed by atoms with Crippen molar-refractivity contribution in [3.05, 3.63) is 39.7 Å². The second-order valence-electron chi connectivity index (χ2n) is 5.35. The Morgan fingerprint density at radius 3 is 2.57 bits per heavy atom. The highest BCUT2D eigenvalue weighted by Gasteiger charge is 2.18. The number of hydrogen-bond donors (Lipinski definition) is 1. The van der Waals surface area contributed by atoms with Gasteiger partial charge in [0.25, 0.3) is 5.69 Å². The van der Waals surface area contributed by atoms with Crippen LogP contribution in [0.2, 0.25) is 0 Å². The maximum absolute atomic E-state index is 13.5. The third-order valence-electron chi connectivity index (χ3n) is 2.20. The van der Waals surface area contributed by atoms with Crippen LogP contribution < -0.4 is 4.72 Å². The van der Waals surface area contributed by atoms with Gasteiger partial charge in [0.05, 0.1) is 4.92 Å². The minimum atomic E-state index is -3.89. The minimum absolute atomic E-state index is 0.00101. The van der Waals surface area contributed by atoms with E-state index < -0.39 is 26.5 Å². The van der Waals surface area contributed by atoms with E-state index >= 15 is 0 Å². The van der Waals surface area contributed by atoms with Crippen molar-refractivity contribution in [1.82, 2.24) is 4.72 Å². The molecule has 0 aliphatic heterocycles. The lowest BCUT2D eigenvalue weighted by Crippen LogP contribution is -2.39. The molecule has 9 heteroatoms. The van der Waals surface area contributed by atoms with E-state index in [1.807, 2.05) is 0 Å². The van der Waals surface area contributed by atoms with E-state index in [1.54, 1.807) is 20.8 Å². The average molecular weight is 317 g/mol. The van der Waals surface area contributed by atoms with Gasteiger partial charge >= 0.3 is 10.2 Å². The van der Waals surface area contributed by atoms with Gasteiger partial charge in [-0.2, -0.15) is 17.5 Å². The second kappa shape index (κ2) is 6.27. The zero-order valence-corrected chi connectivity index (χ0v) is 12.6. The van der Waals surface area contributed by atoms with Gasteiger partial charge in [0, 0.05) is 30.3 Å². The first-order valence-electron chi connectivity index (χ1n) is 6.01. The molecule has 0 unspecified atom stereocenters. The van der Waals surface area contributed by atoms with E-state index in [2.05, 4.69) is 9.12 Å². The minimum Gasteiger partial charge on any atom is -0.258 e. The first-order valence-corrected chi connectivity index (χ1v) is 7.45. The molecule has 0 aromatic heterocycles. The van der Waals surface area contributed by atoms with Crippen molar-refractivity contribution >= 4 is 22.1 Å². The number of non-ortho nitro benzene ring substituents is 1. The van der Waals surface area contributed by atoms with Gasteiger partial charge in [-0.15, -0.1) is 0 Å². The van der Waals surface area contributed by atoms with Gasteiger partial charge < -0.3 is 0 Å². The Bertz CT molecular complexity index is 666. The van der Waals surface area contributed by atoms with E-state index in [-0.39, 0.29) is 17.7 Å². The quantitative estimate of drug-likeness (QED) is 0.509. The summed E-state index contributed by atoms with van der Waals surface area (Å²) in [5.74, 6) is -0.659. The van der Waals surface area contributed by atoms with E-state index in [4.69, 9.17) is 0 Å².